The fraction of sp³-hybridized carbons (Fsp3) is 0.154. The fourth-order valence-electron chi connectivity index (χ4n) is 2.11. The molecule has 2 aromatic heterocycles. The molecule has 0 unspecified atom stereocenters. The number of aromatic amines is 1. The number of furan rings is 1. The van der Waals surface area contributed by atoms with Gasteiger partial charge in [0.25, 0.3) is 5.56 Å². The van der Waals surface area contributed by atoms with Gasteiger partial charge >= 0.3 is 0 Å². The maximum absolute atomic E-state index is 11.6. The number of rotatable bonds is 0. The molecule has 0 saturated heterocycles. The number of para-hydroxylation sites is 1. The van der Waals surface area contributed by atoms with Crippen LogP contribution in [0.4, 0.5) is 0 Å². The molecular weight excluding hydrogens is 202 g/mol. The van der Waals surface area contributed by atoms with Crippen LogP contribution in [0.25, 0.3) is 21.9 Å². The molecule has 0 radical (unpaired) electrons. The summed E-state index contributed by atoms with van der Waals surface area (Å²) in [5.74, 6) is 0. The van der Waals surface area contributed by atoms with E-state index >= 15 is 0 Å². The lowest BCUT2D eigenvalue weighted by Crippen LogP contribution is -2.10. The Morgan fingerprint density at radius 2 is 1.94 bits per heavy atom. The van der Waals surface area contributed by atoms with E-state index in [-0.39, 0.29) is 5.56 Å². The van der Waals surface area contributed by atoms with Crippen molar-refractivity contribution in [2.75, 3.05) is 0 Å². The van der Waals surface area contributed by atoms with E-state index in [1.165, 1.54) is 0 Å². The van der Waals surface area contributed by atoms with Crippen molar-refractivity contribution in [3.8, 4) is 0 Å². The maximum atomic E-state index is 11.6. The predicted octanol–water partition coefficient (Wildman–Crippen LogP) is 2.89. The molecule has 3 aromatic rings. The van der Waals surface area contributed by atoms with E-state index < -0.39 is 0 Å². The molecule has 80 valence electrons. The van der Waals surface area contributed by atoms with Gasteiger partial charge in [-0.2, -0.15) is 0 Å². The number of fused-ring (bicyclic) bond motifs is 3. The van der Waals surface area contributed by atoms with Crippen LogP contribution in [0, 0.1) is 13.8 Å². The first-order valence-corrected chi connectivity index (χ1v) is 5.19. The molecule has 1 N–H and O–H groups in total. The highest BCUT2D eigenvalue weighted by Crippen LogP contribution is 2.30. The summed E-state index contributed by atoms with van der Waals surface area (Å²) in [5.41, 5.74) is 2.93. The smallest absolute Gasteiger partial charge is 0.254 e. The second-order valence-corrected chi connectivity index (χ2v) is 4.01. The molecule has 3 rings (SSSR count). The zero-order chi connectivity index (χ0) is 11.3. The van der Waals surface area contributed by atoms with Crippen LogP contribution in [-0.2, 0) is 0 Å². The Kier molecular flexibility index (Phi) is 1.72. The molecule has 0 bridgehead atoms. The van der Waals surface area contributed by atoms with Crippen LogP contribution in [0.15, 0.2) is 33.5 Å². The summed E-state index contributed by atoms with van der Waals surface area (Å²) in [5, 5.41) is 2.06. The molecule has 3 nitrogen and oxygen atoms in total. The van der Waals surface area contributed by atoms with Crippen molar-refractivity contribution in [2.24, 2.45) is 0 Å². The third-order valence-corrected chi connectivity index (χ3v) is 2.95. The minimum absolute atomic E-state index is 0.0796. The summed E-state index contributed by atoms with van der Waals surface area (Å²) in [7, 11) is 0. The van der Waals surface area contributed by atoms with Crippen LogP contribution in [0.2, 0.25) is 0 Å². The molecule has 16 heavy (non-hydrogen) atoms. The van der Waals surface area contributed by atoms with E-state index in [9.17, 15) is 4.79 Å². The molecule has 0 aliphatic heterocycles. The van der Waals surface area contributed by atoms with Gasteiger partial charge in [-0.15, -0.1) is 0 Å². The average Bonchev–Trinajstić information content (AvgIpc) is 2.65. The number of aromatic nitrogens is 1. The highest BCUT2D eigenvalue weighted by Gasteiger charge is 2.13. The Hall–Kier alpha value is -2.03. The normalized spacial score (nSPS) is 11.4. The average molecular weight is 213 g/mol. The topological polar surface area (TPSA) is 46.0 Å². The Bertz CT molecular complexity index is 750. The SMILES string of the molecule is Cc1c(=O)[nH]c(C)c2c1oc1ccccc12. The first-order valence-electron chi connectivity index (χ1n) is 5.19. The van der Waals surface area contributed by atoms with Gasteiger partial charge in [-0.05, 0) is 19.9 Å². The number of nitrogens with one attached hydrogen (secondary N) is 1. The lowest BCUT2D eigenvalue weighted by atomic mass is 10.1. The van der Waals surface area contributed by atoms with Crippen molar-refractivity contribution < 1.29 is 4.42 Å². The van der Waals surface area contributed by atoms with Gasteiger partial charge in [0.15, 0.2) is 0 Å². The van der Waals surface area contributed by atoms with Gasteiger partial charge in [0.1, 0.15) is 11.2 Å². The van der Waals surface area contributed by atoms with E-state index in [2.05, 4.69) is 4.98 Å². The number of H-pyrrole nitrogens is 1. The third-order valence-electron chi connectivity index (χ3n) is 2.95. The quantitative estimate of drug-likeness (QED) is 0.624. The number of benzene rings is 1. The van der Waals surface area contributed by atoms with E-state index in [0.29, 0.717) is 11.1 Å². The van der Waals surface area contributed by atoms with Crippen molar-refractivity contribution in [3.05, 3.63) is 45.9 Å². The molecule has 1 aromatic carbocycles. The first-order chi connectivity index (χ1) is 7.68. The van der Waals surface area contributed by atoms with Crippen molar-refractivity contribution in [1.82, 2.24) is 4.98 Å². The van der Waals surface area contributed by atoms with Gasteiger partial charge in [-0.1, -0.05) is 18.2 Å². The Morgan fingerprint density at radius 3 is 2.75 bits per heavy atom. The van der Waals surface area contributed by atoms with Crippen LogP contribution >= 0.6 is 0 Å². The number of aryl methyl sites for hydroxylation is 2. The van der Waals surface area contributed by atoms with E-state index in [0.717, 1.165) is 22.0 Å². The highest BCUT2D eigenvalue weighted by atomic mass is 16.3. The van der Waals surface area contributed by atoms with Gasteiger partial charge in [0.2, 0.25) is 0 Å². The fourth-order valence-corrected chi connectivity index (χ4v) is 2.11. The van der Waals surface area contributed by atoms with Gasteiger partial charge in [-0.3, -0.25) is 4.79 Å². The predicted molar refractivity (Wildman–Crippen MR) is 63.8 cm³/mol. The van der Waals surface area contributed by atoms with Crippen LogP contribution in [0.3, 0.4) is 0 Å². The molecule has 3 heteroatoms. The molecule has 0 spiro atoms. The van der Waals surface area contributed by atoms with Crippen molar-refractivity contribution >= 4 is 21.9 Å². The standard InChI is InChI=1S/C13H11NO2/c1-7-12-11(8(2)14-13(7)15)9-5-3-4-6-10(9)16-12/h3-6H,1-2H3,(H,14,15). The summed E-state index contributed by atoms with van der Waals surface area (Å²) in [4.78, 5) is 14.5. The van der Waals surface area contributed by atoms with Gasteiger partial charge in [0, 0.05) is 16.5 Å². The molecule has 0 saturated carbocycles. The molecule has 0 aliphatic rings. The molecule has 0 amide bonds. The van der Waals surface area contributed by atoms with E-state index in [4.69, 9.17) is 4.42 Å². The molecule has 2 heterocycles. The Balaban J connectivity index is 2.70. The van der Waals surface area contributed by atoms with Crippen LogP contribution in [0.5, 0.6) is 0 Å². The Labute approximate surface area is 91.7 Å². The van der Waals surface area contributed by atoms with E-state index in [1.807, 2.05) is 31.2 Å². The lowest BCUT2D eigenvalue weighted by Gasteiger charge is -1.97. The van der Waals surface area contributed by atoms with Crippen LogP contribution in [-0.4, -0.2) is 4.98 Å². The summed E-state index contributed by atoms with van der Waals surface area (Å²) in [6, 6.07) is 7.82. The summed E-state index contributed by atoms with van der Waals surface area (Å²) in [6.45, 7) is 3.67. The van der Waals surface area contributed by atoms with Crippen LogP contribution in [0.1, 0.15) is 11.3 Å². The second-order valence-electron chi connectivity index (χ2n) is 4.01. The highest BCUT2D eigenvalue weighted by molar-refractivity contribution is 6.06. The van der Waals surface area contributed by atoms with Gasteiger partial charge < -0.3 is 9.40 Å². The monoisotopic (exact) mass is 213 g/mol. The van der Waals surface area contributed by atoms with Gasteiger partial charge in [0.05, 0.1) is 5.56 Å². The number of pyridine rings is 1. The summed E-state index contributed by atoms with van der Waals surface area (Å²) < 4.78 is 5.72. The van der Waals surface area contributed by atoms with Gasteiger partial charge in [-0.25, -0.2) is 0 Å². The minimum atomic E-state index is -0.0796. The molecular formula is C13H11NO2. The van der Waals surface area contributed by atoms with E-state index in [1.54, 1.807) is 6.92 Å². The first kappa shape index (κ1) is 9.21. The largest absolute Gasteiger partial charge is 0.456 e. The minimum Gasteiger partial charge on any atom is -0.456 e. The second kappa shape index (κ2) is 2.98. The number of hydrogen-bond donors (Lipinski definition) is 1. The zero-order valence-electron chi connectivity index (χ0n) is 9.13. The Morgan fingerprint density at radius 1 is 1.19 bits per heavy atom. The molecule has 0 atom stereocenters. The van der Waals surface area contributed by atoms with Crippen LogP contribution < -0.4 is 5.56 Å². The number of hydrogen-bond acceptors (Lipinski definition) is 2. The summed E-state index contributed by atoms with van der Waals surface area (Å²) >= 11 is 0. The van der Waals surface area contributed by atoms with Crippen molar-refractivity contribution in [3.63, 3.8) is 0 Å². The molecule has 0 fully saturated rings. The maximum Gasteiger partial charge on any atom is 0.254 e. The lowest BCUT2D eigenvalue weighted by molar-refractivity contribution is 0.664. The zero-order valence-corrected chi connectivity index (χ0v) is 9.13. The van der Waals surface area contributed by atoms with Crippen molar-refractivity contribution in [2.45, 2.75) is 13.8 Å². The summed E-state index contributed by atoms with van der Waals surface area (Å²) in [6.07, 6.45) is 0. The molecule has 0 aliphatic carbocycles. The third kappa shape index (κ3) is 1.05. The van der Waals surface area contributed by atoms with Crippen molar-refractivity contribution in [1.29, 1.82) is 0 Å².